The zero-order chi connectivity index (χ0) is 8.43. The van der Waals surface area contributed by atoms with Crippen molar-refractivity contribution in [3.05, 3.63) is 24.0 Å². The summed E-state index contributed by atoms with van der Waals surface area (Å²) in [4.78, 5) is 0.0337. The van der Waals surface area contributed by atoms with Crippen LogP contribution in [0.4, 0.5) is 10.1 Å². The number of benzene rings is 1. The van der Waals surface area contributed by atoms with Crippen molar-refractivity contribution in [3.8, 4) is 0 Å². The zero-order valence-corrected chi connectivity index (χ0v) is 6.27. The smallest absolute Gasteiger partial charge is 0.188 e. The van der Waals surface area contributed by atoms with Crippen LogP contribution in [0.15, 0.2) is 23.1 Å². The lowest BCUT2D eigenvalue weighted by atomic mass is 10.3. The first-order chi connectivity index (χ1) is 5.11. The van der Waals surface area contributed by atoms with Crippen molar-refractivity contribution in [1.82, 2.24) is 0 Å². The molecular weight excluding hydrogens is 169 g/mol. The van der Waals surface area contributed by atoms with Gasteiger partial charge in [-0.25, -0.2) is 8.60 Å². The number of nitrogens with two attached hydrogens (primary N) is 1. The molecule has 0 bridgehead atoms. The van der Waals surface area contributed by atoms with Crippen LogP contribution in [0.2, 0.25) is 0 Å². The average Bonchev–Trinajstić information content (AvgIpc) is 1.85. The molecule has 0 radical (unpaired) electrons. The molecule has 3 N–H and O–H groups in total. The Morgan fingerprint density at radius 3 is 2.64 bits per heavy atom. The SMILES string of the molecule is Nc1cc(F)ccc1S(=O)O. The van der Waals surface area contributed by atoms with Crippen LogP contribution in [0.5, 0.6) is 0 Å². The molecule has 0 fully saturated rings. The number of hydrogen-bond donors (Lipinski definition) is 2. The number of anilines is 1. The summed E-state index contributed by atoms with van der Waals surface area (Å²) >= 11 is -2.14. The second-order valence-electron chi connectivity index (χ2n) is 1.93. The van der Waals surface area contributed by atoms with E-state index in [-0.39, 0.29) is 10.6 Å². The number of rotatable bonds is 1. The van der Waals surface area contributed by atoms with Gasteiger partial charge < -0.3 is 10.3 Å². The van der Waals surface area contributed by atoms with Gasteiger partial charge in [0, 0.05) is 0 Å². The molecular formula is C6H6FNO2S. The first-order valence-electron chi connectivity index (χ1n) is 2.77. The highest BCUT2D eigenvalue weighted by atomic mass is 32.2. The molecule has 1 aromatic carbocycles. The molecule has 1 atom stereocenters. The normalized spacial score (nSPS) is 12.9. The van der Waals surface area contributed by atoms with Gasteiger partial charge in [-0.2, -0.15) is 0 Å². The first kappa shape index (κ1) is 8.16. The van der Waals surface area contributed by atoms with Crippen molar-refractivity contribution >= 4 is 16.8 Å². The fraction of sp³-hybridized carbons (Fsp3) is 0. The first-order valence-corrected chi connectivity index (χ1v) is 3.88. The van der Waals surface area contributed by atoms with E-state index in [2.05, 4.69) is 0 Å². The van der Waals surface area contributed by atoms with Crippen molar-refractivity contribution < 1.29 is 13.2 Å². The van der Waals surface area contributed by atoms with Crippen molar-refractivity contribution in [2.75, 3.05) is 5.73 Å². The number of halogens is 1. The molecule has 60 valence electrons. The number of nitrogen functional groups attached to an aromatic ring is 1. The minimum Gasteiger partial charge on any atom is -0.398 e. The quantitative estimate of drug-likeness (QED) is 0.494. The van der Waals surface area contributed by atoms with Crippen LogP contribution in [0, 0.1) is 5.82 Å². The largest absolute Gasteiger partial charge is 0.398 e. The molecule has 0 aliphatic heterocycles. The standard InChI is InChI=1S/C6H6FNO2S/c7-4-1-2-6(11(9)10)5(8)3-4/h1-3H,8H2,(H,9,10). The molecule has 5 heteroatoms. The zero-order valence-electron chi connectivity index (χ0n) is 5.45. The third-order valence-corrected chi connectivity index (χ3v) is 1.91. The molecule has 1 aromatic rings. The van der Waals surface area contributed by atoms with Crippen molar-refractivity contribution in [2.24, 2.45) is 0 Å². The summed E-state index contributed by atoms with van der Waals surface area (Å²) in [5.41, 5.74) is 5.22. The predicted octanol–water partition coefficient (Wildman–Crippen LogP) is 0.989. The second-order valence-corrected chi connectivity index (χ2v) is 2.87. The summed E-state index contributed by atoms with van der Waals surface area (Å²) in [5.74, 6) is -0.517. The predicted molar refractivity (Wildman–Crippen MR) is 39.8 cm³/mol. The summed E-state index contributed by atoms with van der Waals surface area (Å²) in [7, 11) is 0. The average molecular weight is 175 g/mol. The van der Waals surface area contributed by atoms with Crippen LogP contribution in [-0.4, -0.2) is 8.76 Å². The van der Waals surface area contributed by atoms with Gasteiger partial charge in [0.05, 0.1) is 10.6 Å². The fourth-order valence-electron chi connectivity index (χ4n) is 0.678. The van der Waals surface area contributed by atoms with Gasteiger partial charge in [0.1, 0.15) is 5.82 Å². The third kappa shape index (κ3) is 1.75. The van der Waals surface area contributed by atoms with E-state index in [1.54, 1.807) is 0 Å². The molecule has 0 saturated heterocycles. The van der Waals surface area contributed by atoms with Crippen LogP contribution in [0.3, 0.4) is 0 Å². The lowest BCUT2D eigenvalue weighted by Crippen LogP contribution is -1.96. The van der Waals surface area contributed by atoms with E-state index < -0.39 is 16.9 Å². The van der Waals surface area contributed by atoms with Gasteiger partial charge in [-0.1, -0.05) is 0 Å². The molecule has 0 aromatic heterocycles. The van der Waals surface area contributed by atoms with E-state index in [0.717, 1.165) is 12.1 Å². The van der Waals surface area contributed by atoms with Crippen LogP contribution in [0.25, 0.3) is 0 Å². The van der Waals surface area contributed by atoms with Crippen LogP contribution in [-0.2, 0) is 11.1 Å². The second kappa shape index (κ2) is 2.98. The molecule has 0 amide bonds. The Labute approximate surface area is 65.3 Å². The van der Waals surface area contributed by atoms with Gasteiger partial charge in [0.2, 0.25) is 0 Å². The Kier molecular flexibility index (Phi) is 2.21. The minimum atomic E-state index is -2.14. The molecule has 11 heavy (non-hydrogen) atoms. The maximum Gasteiger partial charge on any atom is 0.188 e. The minimum absolute atomic E-state index is 0.00849. The van der Waals surface area contributed by atoms with E-state index in [9.17, 15) is 8.60 Å². The molecule has 1 rings (SSSR count). The van der Waals surface area contributed by atoms with Gasteiger partial charge in [0.25, 0.3) is 0 Å². The van der Waals surface area contributed by atoms with Gasteiger partial charge in [-0.15, -0.1) is 0 Å². The highest BCUT2D eigenvalue weighted by Gasteiger charge is 2.04. The Bertz CT molecular complexity index is 303. The Morgan fingerprint density at radius 1 is 1.55 bits per heavy atom. The lowest BCUT2D eigenvalue weighted by Gasteiger charge is -1.98. The van der Waals surface area contributed by atoms with Gasteiger partial charge in [0.15, 0.2) is 11.1 Å². The Hall–Kier alpha value is -0.940. The summed E-state index contributed by atoms with van der Waals surface area (Å²) in [6, 6.07) is 3.27. The Morgan fingerprint density at radius 2 is 2.18 bits per heavy atom. The molecule has 1 unspecified atom stereocenters. The van der Waals surface area contributed by atoms with Gasteiger partial charge >= 0.3 is 0 Å². The molecule has 0 aliphatic rings. The Balaban J connectivity index is 3.20. The molecule has 0 saturated carbocycles. The maximum atomic E-state index is 12.4. The van der Waals surface area contributed by atoms with Crippen molar-refractivity contribution in [1.29, 1.82) is 0 Å². The summed E-state index contributed by atoms with van der Waals surface area (Å²) < 4.78 is 31.4. The highest BCUT2D eigenvalue weighted by Crippen LogP contribution is 2.15. The lowest BCUT2D eigenvalue weighted by molar-refractivity contribution is 0.564. The van der Waals surface area contributed by atoms with E-state index in [1.165, 1.54) is 6.07 Å². The molecule has 0 spiro atoms. The third-order valence-electron chi connectivity index (χ3n) is 1.16. The molecule has 3 nitrogen and oxygen atoms in total. The van der Waals surface area contributed by atoms with Gasteiger partial charge in [-0.05, 0) is 18.2 Å². The van der Waals surface area contributed by atoms with E-state index in [0.29, 0.717) is 0 Å². The van der Waals surface area contributed by atoms with Crippen LogP contribution >= 0.6 is 0 Å². The highest BCUT2D eigenvalue weighted by molar-refractivity contribution is 7.79. The fourth-order valence-corrected chi connectivity index (χ4v) is 1.12. The number of hydrogen-bond acceptors (Lipinski definition) is 2. The van der Waals surface area contributed by atoms with E-state index in [4.69, 9.17) is 10.3 Å². The summed E-state index contributed by atoms with van der Waals surface area (Å²) in [5, 5.41) is 0. The van der Waals surface area contributed by atoms with E-state index >= 15 is 0 Å². The summed E-state index contributed by atoms with van der Waals surface area (Å²) in [6.45, 7) is 0. The van der Waals surface area contributed by atoms with Crippen molar-refractivity contribution in [3.63, 3.8) is 0 Å². The molecule has 0 heterocycles. The van der Waals surface area contributed by atoms with Crippen LogP contribution in [0.1, 0.15) is 0 Å². The molecule has 0 aliphatic carbocycles. The van der Waals surface area contributed by atoms with Gasteiger partial charge in [-0.3, -0.25) is 0 Å². The topological polar surface area (TPSA) is 63.3 Å². The summed E-state index contributed by atoms with van der Waals surface area (Å²) in [6.07, 6.45) is 0. The van der Waals surface area contributed by atoms with Crippen LogP contribution < -0.4 is 5.73 Å². The van der Waals surface area contributed by atoms with E-state index in [1.807, 2.05) is 0 Å². The maximum absolute atomic E-state index is 12.4. The monoisotopic (exact) mass is 175 g/mol. The van der Waals surface area contributed by atoms with Crippen molar-refractivity contribution in [2.45, 2.75) is 4.90 Å².